The third-order valence-electron chi connectivity index (χ3n) is 1.58. The second-order valence-corrected chi connectivity index (χ2v) is 2.51. The molecule has 1 aromatic carbocycles. The fourth-order valence-corrected chi connectivity index (χ4v) is 0.983. The van der Waals surface area contributed by atoms with Crippen LogP contribution in [0.25, 0.3) is 0 Å². The van der Waals surface area contributed by atoms with Crippen molar-refractivity contribution in [3.63, 3.8) is 0 Å². The van der Waals surface area contributed by atoms with Gasteiger partial charge in [0.1, 0.15) is 5.82 Å². The Morgan fingerprint density at radius 3 is 2.67 bits per heavy atom. The maximum atomic E-state index is 12.9. The largest absolute Gasteiger partial charge is 0.294 e. The minimum absolute atomic E-state index is 0.168. The molecular weight excluding hydrogens is 155 g/mol. The van der Waals surface area contributed by atoms with Gasteiger partial charge < -0.3 is 0 Å². The quantitative estimate of drug-likeness (QED) is 0.629. The molecule has 0 aliphatic rings. The van der Waals surface area contributed by atoms with Crippen molar-refractivity contribution in [2.75, 3.05) is 0 Å². The molecule has 0 unspecified atom stereocenters. The predicted molar refractivity (Wildman–Crippen MR) is 45.3 cm³/mol. The molecular formula is C10H10FO. The van der Waals surface area contributed by atoms with E-state index in [2.05, 4.69) is 6.92 Å². The van der Waals surface area contributed by atoms with Crippen molar-refractivity contribution >= 4 is 5.78 Å². The summed E-state index contributed by atoms with van der Waals surface area (Å²) in [5, 5.41) is 0. The van der Waals surface area contributed by atoms with E-state index in [1.807, 2.05) is 0 Å². The van der Waals surface area contributed by atoms with Crippen LogP contribution in [0, 0.1) is 12.7 Å². The maximum Gasteiger partial charge on any atom is 0.165 e. The van der Waals surface area contributed by atoms with Gasteiger partial charge in [-0.1, -0.05) is 19.1 Å². The minimum atomic E-state index is -0.448. The van der Waals surface area contributed by atoms with Crippen LogP contribution in [-0.2, 0) is 0 Å². The molecule has 0 atom stereocenters. The predicted octanol–water partition coefficient (Wildman–Crippen LogP) is 2.62. The molecule has 1 nitrogen and oxygen atoms in total. The summed E-state index contributed by atoms with van der Waals surface area (Å²) < 4.78 is 12.9. The van der Waals surface area contributed by atoms with Crippen LogP contribution in [-0.4, -0.2) is 5.78 Å². The number of benzene rings is 1. The van der Waals surface area contributed by atoms with Crippen molar-refractivity contribution in [2.45, 2.75) is 12.8 Å². The smallest absolute Gasteiger partial charge is 0.165 e. The molecule has 0 saturated heterocycles. The molecule has 2 heteroatoms. The zero-order valence-corrected chi connectivity index (χ0v) is 6.72. The molecule has 0 saturated carbocycles. The van der Waals surface area contributed by atoms with E-state index in [1.165, 1.54) is 12.1 Å². The molecule has 0 aliphatic heterocycles. The monoisotopic (exact) mass is 165 g/mol. The average Bonchev–Trinajstić information content (AvgIpc) is 2.05. The third-order valence-corrected chi connectivity index (χ3v) is 1.58. The third kappa shape index (κ3) is 1.91. The highest BCUT2D eigenvalue weighted by Crippen LogP contribution is 2.09. The Kier molecular flexibility index (Phi) is 2.97. The summed E-state index contributed by atoms with van der Waals surface area (Å²) in [4.78, 5) is 11.2. The highest BCUT2D eigenvalue weighted by Gasteiger charge is 2.08. The van der Waals surface area contributed by atoms with Gasteiger partial charge in [-0.25, -0.2) is 4.39 Å². The highest BCUT2D eigenvalue weighted by molar-refractivity contribution is 5.96. The van der Waals surface area contributed by atoms with Crippen LogP contribution in [0.15, 0.2) is 24.3 Å². The number of rotatable bonds is 3. The number of hydrogen-bond donors (Lipinski definition) is 0. The van der Waals surface area contributed by atoms with E-state index in [9.17, 15) is 9.18 Å². The Bertz CT molecular complexity index is 281. The number of Topliss-reactive ketones (excluding diaryl/α,β-unsaturated/α-hetero) is 1. The first kappa shape index (κ1) is 8.91. The summed E-state index contributed by atoms with van der Waals surface area (Å²) in [6.45, 7) is 3.54. The Balaban J connectivity index is 2.87. The van der Waals surface area contributed by atoms with E-state index in [0.29, 0.717) is 12.8 Å². The van der Waals surface area contributed by atoms with Crippen LogP contribution < -0.4 is 0 Å². The lowest BCUT2D eigenvalue weighted by molar-refractivity contribution is 0.0979. The Morgan fingerprint density at radius 1 is 1.42 bits per heavy atom. The first-order chi connectivity index (χ1) is 5.75. The first-order valence-electron chi connectivity index (χ1n) is 3.82. The van der Waals surface area contributed by atoms with Crippen LogP contribution in [0.2, 0.25) is 0 Å². The molecule has 1 rings (SSSR count). The molecule has 12 heavy (non-hydrogen) atoms. The first-order valence-corrected chi connectivity index (χ1v) is 3.82. The molecule has 0 fully saturated rings. The van der Waals surface area contributed by atoms with Gasteiger partial charge in [0.05, 0.1) is 5.56 Å². The lowest BCUT2D eigenvalue weighted by Gasteiger charge is -1.99. The van der Waals surface area contributed by atoms with E-state index in [1.54, 1.807) is 12.1 Å². The zero-order chi connectivity index (χ0) is 8.97. The van der Waals surface area contributed by atoms with Gasteiger partial charge >= 0.3 is 0 Å². The summed E-state index contributed by atoms with van der Waals surface area (Å²) in [6, 6.07) is 6.00. The number of halogens is 1. The van der Waals surface area contributed by atoms with Gasteiger partial charge in [0, 0.05) is 6.42 Å². The Hall–Kier alpha value is -1.18. The highest BCUT2D eigenvalue weighted by atomic mass is 19.1. The maximum absolute atomic E-state index is 12.9. The topological polar surface area (TPSA) is 17.1 Å². The van der Waals surface area contributed by atoms with E-state index >= 15 is 0 Å². The second kappa shape index (κ2) is 4.00. The molecule has 0 aromatic heterocycles. The van der Waals surface area contributed by atoms with Crippen molar-refractivity contribution in [2.24, 2.45) is 0 Å². The molecule has 0 aliphatic carbocycles. The van der Waals surface area contributed by atoms with Crippen molar-refractivity contribution in [3.05, 3.63) is 42.6 Å². The number of carbonyl (C=O) groups is 1. The summed E-state index contributed by atoms with van der Waals surface area (Å²) in [5.74, 6) is -0.626. The fourth-order valence-electron chi connectivity index (χ4n) is 0.983. The van der Waals surface area contributed by atoms with Gasteiger partial charge in [0.15, 0.2) is 5.78 Å². The Labute approximate surface area is 71.2 Å². The van der Waals surface area contributed by atoms with Crippen LogP contribution in [0.4, 0.5) is 4.39 Å². The zero-order valence-electron chi connectivity index (χ0n) is 6.72. The normalized spacial score (nSPS) is 9.83. The number of hydrogen-bond acceptors (Lipinski definition) is 1. The summed E-state index contributed by atoms with van der Waals surface area (Å²) in [5.41, 5.74) is 0.168. The van der Waals surface area contributed by atoms with Crippen molar-refractivity contribution in [3.8, 4) is 0 Å². The molecule has 0 bridgehead atoms. The van der Waals surface area contributed by atoms with Crippen molar-refractivity contribution in [1.82, 2.24) is 0 Å². The molecule has 0 N–H and O–H groups in total. The van der Waals surface area contributed by atoms with Gasteiger partial charge in [0.25, 0.3) is 0 Å². The van der Waals surface area contributed by atoms with Gasteiger partial charge in [0.2, 0.25) is 0 Å². The Morgan fingerprint density at radius 2 is 2.08 bits per heavy atom. The van der Waals surface area contributed by atoms with Crippen LogP contribution in [0.3, 0.4) is 0 Å². The summed E-state index contributed by atoms with van der Waals surface area (Å²) in [6.07, 6.45) is 0.814. The fraction of sp³-hybridized carbons (Fsp3) is 0.200. The van der Waals surface area contributed by atoms with Gasteiger partial charge in [-0.15, -0.1) is 0 Å². The van der Waals surface area contributed by atoms with Crippen LogP contribution >= 0.6 is 0 Å². The van der Waals surface area contributed by atoms with Gasteiger partial charge in [-0.05, 0) is 18.6 Å². The van der Waals surface area contributed by atoms with E-state index in [-0.39, 0.29) is 11.3 Å². The summed E-state index contributed by atoms with van der Waals surface area (Å²) >= 11 is 0. The van der Waals surface area contributed by atoms with Gasteiger partial charge in [-0.3, -0.25) is 4.79 Å². The van der Waals surface area contributed by atoms with Crippen molar-refractivity contribution in [1.29, 1.82) is 0 Å². The van der Waals surface area contributed by atoms with Gasteiger partial charge in [-0.2, -0.15) is 0 Å². The molecule has 0 spiro atoms. The molecule has 63 valence electrons. The van der Waals surface area contributed by atoms with Crippen LogP contribution in [0.5, 0.6) is 0 Å². The molecule has 1 aromatic rings. The number of carbonyl (C=O) groups excluding carboxylic acids is 1. The van der Waals surface area contributed by atoms with E-state index in [0.717, 1.165) is 0 Å². The number of ketones is 1. The molecule has 1 radical (unpaired) electrons. The van der Waals surface area contributed by atoms with Crippen LogP contribution in [0.1, 0.15) is 23.2 Å². The molecule has 0 heterocycles. The summed E-state index contributed by atoms with van der Waals surface area (Å²) in [7, 11) is 0. The lowest BCUT2D eigenvalue weighted by atomic mass is 10.1. The SMILES string of the molecule is [CH2]CCC(=O)c1ccccc1F. The standard InChI is InChI=1S/C10H10FO/c1-2-5-10(12)8-6-3-4-7-9(8)11/h3-4,6-7H,1-2,5H2. The average molecular weight is 165 g/mol. The van der Waals surface area contributed by atoms with E-state index < -0.39 is 5.82 Å². The molecule has 0 amide bonds. The van der Waals surface area contributed by atoms with Crippen molar-refractivity contribution < 1.29 is 9.18 Å². The lowest BCUT2D eigenvalue weighted by Crippen LogP contribution is -2.00. The van der Waals surface area contributed by atoms with E-state index in [4.69, 9.17) is 0 Å². The minimum Gasteiger partial charge on any atom is -0.294 e. The second-order valence-electron chi connectivity index (χ2n) is 2.51.